The highest BCUT2D eigenvalue weighted by Gasteiger charge is 2.26. The molecule has 14 nitrogen and oxygen atoms in total. The molecule has 4 aliphatic rings. The molecule has 3 atom stereocenters. The molecule has 4 aliphatic heterocycles. The number of nitrogens with two attached hydrogens (primary N) is 1. The predicted molar refractivity (Wildman–Crippen MR) is 248 cm³/mol. The summed E-state index contributed by atoms with van der Waals surface area (Å²) in [5, 5.41) is 11.8. The molecule has 0 radical (unpaired) electrons. The molecule has 2 unspecified atom stereocenters. The summed E-state index contributed by atoms with van der Waals surface area (Å²) in [6.07, 6.45) is 2.89. The molecular formula is C47H52FN7O7S2. The summed E-state index contributed by atoms with van der Waals surface area (Å²) in [7, 11) is 0. The normalized spacial score (nSPS) is 19.6. The van der Waals surface area contributed by atoms with Gasteiger partial charge >= 0.3 is 6.03 Å². The van der Waals surface area contributed by atoms with E-state index in [9.17, 15) is 23.6 Å². The Morgan fingerprint density at radius 1 is 0.938 bits per heavy atom. The number of carbonyl (C=O) groups is 3. The third-order valence-electron chi connectivity index (χ3n) is 11.2. The lowest BCUT2D eigenvalue weighted by Crippen LogP contribution is -2.48. The van der Waals surface area contributed by atoms with Crippen molar-refractivity contribution in [2.45, 2.75) is 61.2 Å². The van der Waals surface area contributed by atoms with Crippen molar-refractivity contribution in [2.24, 2.45) is 5.73 Å². The van der Waals surface area contributed by atoms with E-state index >= 15 is 0 Å². The van der Waals surface area contributed by atoms with Crippen molar-refractivity contribution in [3.63, 3.8) is 0 Å². The highest BCUT2D eigenvalue weighted by atomic mass is 32.2. The van der Waals surface area contributed by atoms with Gasteiger partial charge in [-0.1, -0.05) is 42.1 Å². The lowest BCUT2D eigenvalue weighted by Gasteiger charge is -2.34. The number of nitrogens with zero attached hydrogens (tertiary/aromatic N) is 2. The first-order valence-corrected chi connectivity index (χ1v) is 23.1. The Morgan fingerprint density at radius 2 is 1.73 bits per heavy atom. The van der Waals surface area contributed by atoms with Crippen molar-refractivity contribution in [1.29, 1.82) is 0 Å². The molecule has 0 spiro atoms. The van der Waals surface area contributed by atoms with Crippen LogP contribution in [0.2, 0.25) is 0 Å². The van der Waals surface area contributed by atoms with Gasteiger partial charge in [-0.15, -0.1) is 11.3 Å². The van der Waals surface area contributed by atoms with Gasteiger partial charge in [-0.3, -0.25) is 19.3 Å². The molecular weight excluding hydrogens is 858 g/mol. The number of piperidine rings is 1. The van der Waals surface area contributed by atoms with E-state index in [1.165, 1.54) is 34.6 Å². The fraction of sp³-hybridized carbons (Fsp3) is 0.362. The smallest absolute Gasteiger partial charge is 0.316 e. The molecule has 3 fully saturated rings. The van der Waals surface area contributed by atoms with E-state index in [4.69, 9.17) is 19.6 Å². The number of benzene rings is 3. The summed E-state index contributed by atoms with van der Waals surface area (Å²) in [4.78, 5) is 56.7. The maximum atomic E-state index is 13.5. The van der Waals surface area contributed by atoms with Gasteiger partial charge in [0.05, 0.1) is 37.7 Å². The van der Waals surface area contributed by atoms with Crippen LogP contribution in [0.4, 0.5) is 26.4 Å². The third-order valence-corrected chi connectivity index (χ3v) is 13.7. The molecule has 2 aromatic heterocycles. The molecule has 6 heterocycles. The van der Waals surface area contributed by atoms with Gasteiger partial charge in [0.15, 0.2) is 11.3 Å². The molecule has 64 heavy (non-hydrogen) atoms. The minimum Gasteiger partial charge on any atom is -0.440 e. The van der Waals surface area contributed by atoms with Crippen LogP contribution in [0.3, 0.4) is 0 Å². The van der Waals surface area contributed by atoms with Crippen LogP contribution in [0, 0.1) is 5.82 Å². The summed E-state index contributed by atoms with van der Waals surface area (Å²) in [6.45, 7) is 10.3. The van der Waals surface area contributed by atoms with Crippen LogP contribution in [0.15, 0.2) is 97.9 Å². The summed E-state index contributed by atoms with van der Waals surface area (Å²) < 4.78 is 31.0. The van der Waals surface area contributed by atoms with Crippen LogP contribution in [0.1, 0.15) is 47.5 Å². The molecule has 6 N–H and O–H groups in total. The number of amides is 4. The highest BCUT2D eigenvalue weighted by Crippen LogP contribution is 2.45. The summed E-state index contributed by atoms with van der Waals surface area (Å²) in [5.41, 5.74) is 10.2. The maximum absolute atomic E-state index is 13.5. The minimum absolute atomic E-state index is 0.0161. The van der Waals surface area contributed by atoms with Gasteiger partial charge in [-0.05, 0) is 92.7 Å². The predicted octanol–water partition coefficient (Wildman–Crippen LogP) is 6.77. The second-order valence-corrected chi connectivity index (χ2v) is 18.5. The molecule has 5 aromatic rings. The van der Waals surface area contributed by atoms with Crippen molar-refractivity contribution < 1.29 is 32.7 Å². The van der Waals surface area contributed by atoms with E-state index in [0.717, 1.165) is 59.9 Å². The highest BCUT2D eigenvalue weighted by molar-refractivity contribution is 7.99. The first-order chi connectivity index (χ1) is 30.9. The summed E-state index contributed by atoms with van der Waals surface area (Å²) >= 11 is 2.87. The first-order valence-electron chi connectivity index (χ1n) is 21.5. The van der Waals surface area contributed by atoms with E-state index < -0.39 is 6.03 Å². The quantitative estimate of drug-likeness (QED) is 0.103. The van der Waals surface area contributed by atoms with Gasteiger partial charge in [0, 0.05) is 76.8 Å². The number of primary amides is 1. The van der Waals surface area contributed by atoms with Crippen molar-refractivity contribution in [1.82, 2.24) is 15.5 Å². The number of rotatable bonds is 9. The minimum atomic E-state index is -0.753. The van der Waals surface area contributed by atoms with E-state index in [-0.39, 0.29) is 41.3 Å². The lowest BCUT2D eigenvalue weighted by molar-refractivity contribution is -0.121. The van der Waals surface area contributed by atoms with Crippen LogP contribution in [0.25, 0.3) is 21.8 Å². The molecule has 0 bridgehead atoms. The SMILES string of the molecule is CC1CN(CC(=O)Nc2ccc3c(c2)Cc2cccc(-c4cc(=O)cc(N5CCOCC5)o4)c2S3)CC(C)O1.NC(=O)Nc1cc(-c2cccc(F)c2)sc1C(=O)N[C@H]1CCCNC1. The Morgan fingerprint density at radius 3 is 2.48 bits per heavy atom. The van der Waals surface area contributed by atoms with Crippen LogP contribution in [0.5, 0.6) is 0 Å². The second kappa shape index (κ2) is 20.5. The molecule has 3 aromatic carbocycles. The zero-order valence-corrected chi connectivity index (χ0v) is 37.4. The Bertz CT molecular complexity index is 2550. The average molecular weight is 910 g/mol. The van der Waals surface area contributed by atoms with Crippen LogP contribution < -0.4 is 37.3 Å². The van der Waals surface area contributed by atoms with Crippen molar-refractivity contribution in [3.05, 3.63) is 111 Å². The number of urea groups is 1. The zero-order chi connectivity index (χ0) is 44.7. The van der Waals surface area contributed by atoms with E-state index in [1.807, 2.05) is 32.0 Å². The Hall–Kier alpha value is -5.56. The molecule has 0 aliphatic carbocycles. The molecule has 0 saturated carbocycles. The van der Waals surface area contributed by atoms with Gasteiger partial charge in [0.25, 0.3) is 5.91 Å². The average Bonchev–Trinajstić information content (AvgIpc) is 3.69. The van der Waals surface area contributed by atoms with Crippen LogP contribution >= 0.6 is 23.1 Å². The lowest BCUT2D eigenvalue weighted by atomic mass is 10.00. The fourth-order valence-corrected chi connectivity index (χ4v) is 10.6. The number of thiophene rings is 1. The van der Waals surface area contributed by atoms with Gasteiger partial charge in [0.1, 0.15) is 16.5 Å². The number of halogens is 1. The molecule has 17 heteroatoms. The monoisotopic (exact) mass is 909 g/mol. The number of fused-ring (bicyclic) bond motifs is 2. The first kappa shape index (κ1) is 45.0. The van der Waals surface area contributed by atoms with Crippen molar-refractivity contribution >= 4 is 58.2 Å². The number of nitrogens with one attached hydrogen (secondary N) is 4. The maximum Gasteiger partial charge on any atom is 0.316 e. The number of morpholine rings is 2. The largest absolute Gasteiger partial charge is 0.440 e. The fourth-order valence-electron chi connectivity index (χ4n) is 8.40. The molecule has 9 rings (SSSR count). The van der Waals surface area contributed by atoms with Gasteiger partial charge in [-0.2, -0.15) is 0 Å². The van der Waals surface area contributed by atoms with E-state index in [1.54, 1.807) is 42.1 Å². The Labute approximate surface area is 379 Å². The number of carbonyl (C=O) groups excluding carboxylic acids is 3. The number of anilines is 3. The second-order valence-electron chi connectivity index (χ2n) is 16.4. The number of hydrogen-bond acceptors (Lipinski definition) is 12. The van der Waals surface area contributed by atoms with E-state index in [0.29, 0.717) is 72.0 Å². The van der Waals surface area contributed by atoms with Gasteiger partial charge in [-0.25, -0.2) is 9.18 Å². The number of ether oxygens (including phenoxy) is 2. The molecule has 336 valence electrons. The van der Waals surface area contributed by atoms with Crippen LogP contribution in [-0.2, 0) is 20.7 Å². The topological polar surface area (TPSA) is 180 Å². The standard InChI is InChI=1S/C30H33N3O5S.C17H19FN4O2S/c1-19-16-32(17-20(2)37-19)18-28(35)31-23-6-7-27-22(13-23)12-21-4-3-5-25(30(21)39-27)26-14-24(34)15-29(38-26)33-8-10-36-11-9-33;18-11-4-1-3-10(7-11)14-8-13(22-17(19)24)15(25-14)16(23)21-12-5-2-6-20-9-12/h3-7,13-15,19-20H,8-12,16-18H2,1-2H3,(H,31,35);1,3-4,7-8,12,20H,2,5-6,9H2,(H,21,23)(H3,19,22,24)/t;12-/m.0/s1. The van der Waals surface area contributed by atoms with Crippen molar-refractivity contribution in [2.75, 3.05) is 74.6 Å². The molecule has 4 amide bonds. The Balaban J connectivity index is 0.000000193. The van der Waals surface area contributed by atoms with Crippen LogP contribution in [-0.4, -0.2) is 100 Å². The van der Waals surface area contributed by atoms with Crippen molar-refractivity contribution in [3.8, 4) is 21.8 Å². The zero-order valence-electron chi connectivity index (χ0n) is 35.7. The Kier molecular flexibility index (Phi) is 14.4. The third kappa shape index (κ3) is 11.4. The van der Waals surface area contributed by atoms with Gasteiger partial charge < -0.3 is 45.8 Å². The number of hydrogen-bond donors (Lipinski definition) is 5. The summed E-state index contributed by atoms with van der Waals surface area (Å²) in [6, 6.07) is 22.4. The van der Waals surface area contributed by atoms with Gasteiger partial charge in [0.2, 0.25) is 5.91 Å². The summed E-state index contributed by atoms with van der Waals surface area (Å²) in [5.74, 6) is 0.505. The van der Waals surface area contributed by atoms with E-state index in [2.05, 4.69) is 49.3 Å². The molecule has 3 saturated heterocycles.